The Morgan fingerprint density at radius 2 is 2.17 bits per heavy atom. The highest BCUT2D eigenvalue weighted by atomic mass is 16.3. The summed E-state index contributed by atoms with van der Waals surface area (Å²) in [5.41, 5.74) is 4.78. The van der Waals surface area contributed by atoms with Gasteiger partial charge in [0.2, 0.25) is 6.33 Å². The third-order valence-corrected chi connectivity index (χ3v) is 1.32. The van der Waals surface area contributed by atoms with Gasteiger partial charge in [-0.25, -0.2) is 9.13 Å². The number of hydrogen-bond acceptors (Lipinski definition) is 2. The molecule has 0 saturated heterocycles. The number of nitrogens with zero attached hydrogens (tertiary/aromatic N) is 2. The molecular weight excluding hydrogens is 154 g/mol. The van der Waals surface area contributed by atoms with E-state index in [-0.39, 0.29) is 6.61 Å². The van der Waals surface area contributed by atoms with Crippen molar-refractivity contribution in [2.75, 3.05) is 13.2 Å². The van der Waals surface area contributed by atoms with Gasteiger partial charge < -0.3 is 10.8 Å². The van der Waals surface area contributed by atoms with Crippen LogP contribution in [0.25, 0.3) is 0 Å². The first-order chi connectivity index (χ1) is 5.74. The van der Waals surface area contributed by atoms with Crippen LogP contribution in [0.2, 0.25) is 0 Å². The maximum absolute atomic E-state index is 7.75. The van der Waals surface area contributed by atoms with Crippen LogP contribution in [-0.2, 0) is 13.6 Å². The van der Waals surface area contributed by atoms with E-state index < -0.39 is 0 Å². The second kappa shape index (κ2) is 6.82. The van der Waals surface area contributed by atoms with Gasteiger partial charge in [-0.3, -0.25) is 0 Å². The van der Waals surface area contributed by atoms with E-state index in [1.807, 2.05) is 17.8 Å². The molecule has 1 aromatic heterocycles. The lowest BCUT2D eigenvalue weighted by Gasteiger charge is -1.81. The summed E-state index contributed by atoms with van der Waals surface area (Å²) in [6, 6.07) is 0. The molecule has 1 rings (SSSR count). The van der Waals surface area contributed by atoms with Crippen LogP contribution in [0.4, 0.5) is 0 Å². The van der Waals surface area contributed by atoms with Crippen LogP contribution in [0.15, 0.2) is 18.7 Å². The molecule has 0 aliphatic heterocycles. The van der Waals surface area contributed by atoms with Crippen LogP contribution in [0.5, 0.6) is 0 Å². The molecule has 0 saturated carbocycles. The molecule has 0 atom stereocenters. The molecule has 0 aliphatic rings. The summed E-state index contributed by atoms with van der Waals surface area (Å²) in [6.07, 6.45) is 6.14. The average Bonchev–Trinajstić information content (AvgIpc) is 2.52. The maximum Gasteiger partial charge on any atom is 0.243 e. The smallest absolute Gasteiger partial charge is 0.243 e. The molecule has 0 bridgehead atoms. The van der Waals surface area contributed by atoms with Crippen LogP contribution >= 0.6 is 0 Å². The molecule has 12 heavy (non-hydrogen) atoms. The van der Waals surface area contributed by atoms with Crippen molar-refractivity contribution < 1.29 is 9.67 Å². The van der Waals surface area contributed by atoms with Crippen molar-refractivity contribution >= 4 is 0 Å². The standard InChI is InChI=1S/C6H11N2.C2H7NO/c1-3-8-5-4-7(2)6-8;3-1-2-4/h4-6H,3H2,1-2H3;4H,1-3H2/q+1;. The Labute approximate surface area is 73.2 Å². The molecule has 0 aliphatic carbocycles. The predicted molar refractivity (Wildman–Crippen MR) is 47.4 cm³/mol. The van der Waals surface area contributed by atoms with Crippen molar-refractivity contribution in [3.63, 3.8) is 0 Å². The molecule has 1 heterocycles. The third-order valence-electron chi connectivity index (χ3n) is 1.32. The lowest BCUT2D eigenvalue weighted by molar-refractivity contribution is -0.671. The molecule has 0 aromatic carbocycles. The first-order valence-electron chi connectivity index (χ1n) is 4.06. The van der Waals surface area contributed by atoms with Gasteiger partial charge in [-0.2, -0.15) is 0 Å². The Hall–Kier alpha value is -0.870. The molecule has 0 spiro atoms. The first kappa shape index (κ1) is 11.1. The summed E-state index contributed by atoms with van der Waals surface area (Å²) in [6.45, 7) is 3.65. The van der Waals surface area contributed by atoms with E-state index in [2.05, 4.69) is 24.0 Å². The highest BCUT2D eigenvalue weighted by Gasteiger charge is 1.92. The van der Waals surface area contributed by atoms with Gasteiger partial charge in [-0.15, -0.1) is 0 Å². The van der Waals surface area contributed by atoms with Crippen molar-refractivity contribution in [2.24, 2.45) is 12.8 Å². The third kappa shape index (κ3) is 4.87. The monoisotopic (exact) mass is 172 g/mol. The molecule has 4 nitrogen and oxygen atoms in total. The highest BCUT2D eigenvalue weighted by Crippen LogP contribution is 1.79. The number of aliphatic hydroxyl groups is 1. The van der Waals surface area contributed by atoms with Gasteiger partial charge in [0, 0.05) is 6.54 Å². The summed E-state index contributed by atoms with van der Waals surface area (Å²) >= 11 is 0. The number of rotatable bonds is 2. The molecule has 4 heteroatoms. The summed E-state index contributed by atoms with van der Waals surface area (Å²) < 4.78 is 4.16. The highest BCUT2D eigenvalue weighted by molar-refractivity contribution is 4.63. The van der Waals surface area contributed by atoms with Crippen LogP contribution in [0.3, 0.4) is 0 Å². The lowest BCUT2D eigenvalue weighted by Crippen LogP contribution is -2.23. The minimum atomic E-state index is 0.0972. The number of imidazole rings is 1. The second-order valence-corrected chi connectivity index (χ2v) is 2.42. The zero-order chi connectivity index (χ0) is 9.40. The Bertz CT molecular complexity index is 196. The fourth-order valence-corrected chi connectivity index (χ4v) is 0.689. The lowest BCUT2D eigenvalue weighted by atomic mass is 10.7. The van der Waals surface area contributed by atoms with Gasteiger partial charge in [0.25, 0.3) is 0 Å². The molecule has 1 aromatic rings. The van der Waals surface area contributed by atoms with E-state index in [0.717, 1.165) is 6.54 Å². The van der Waals surface area contributed by atoms with Gasteiger partial charge in [-0.05, 0) is 6.92 Å². The van der Waals surface area contributed by atoms with Crippen molar-refractivity contribution in [1.29, 1.82) is 0 Å². The fraction of sp³-hybridized carbons (Fsp3) is 0.625. The van der Waals surface area contributed by atoms with Gasteiger partial charge in [-0.1, -0.05) is 0 Å². The van der Waals surface area contributed by atoms with E-state index in [1.54, 1.807) is 0 Å². The van der Waals surface area contributed by atoms with Gasteiger partial charge in [0.05, 0.1) is 20.2 Å². The Morgan fingerprint density at radius 3 is 2.33 bits per heavy atom. The zero-order valence-electron chi connectivity index (χ0n) is 7.77. The normalized spacial score (nSPS) is 9.00. The zero-order valence-corrected chi connectivity index (χ0v) is 7.77. The van der Waals surface area contributed by atoms with Crippen molar-refractivity contribution in [3.05, 3.63) is 18.7 Å². The van der Waals surface area contributed by atoms with Crippen LogP contribution in [0.1, 0.15) is 6.92 Å². The average molecular weight is 172 g/mol. The van der Waals surface area contributed by atoms with Crippen molar-refractivity contribution in [1.82, 2.24) is 4.57 Å². The summed E-state index contributed by atoms with van der Waals surface area (Å²) in [5, 5.41) is 7.75. The van der Waals surface area contributed by atoms with Crippen molar-refractivity contribution in [3.8, 4) is 0 Å². The molecule has 70 valence electrons. The quantitative estimate of drug-likeness (QED) is 0.578. The number of aliphatic hydroxyl groups excluding tert-OH is 1. The number of aromatic nitrogens is 2. The summed E-state index contributed by atoms with van der Waals surface area (Å²) in [7, 11) is 2.02. The van der Waals surface area contributed by atoms with Crippen LogP contribution < -0.4 is 10.3 Å². The number of hydrogen-bond donors (Lipinski definition) is 2. The van der Waals surface area contributed by atoms with Crippen molar-refractivity contribution in [2.45, 2.75) is 13.5 Å². The predicted octanol–water partition coefficient (Wildman–Crippen LogP) is -0.730. The van der Waals surface area contributed by atoms with Crippen LogP contribution in [0, 0.1) is 0 Å². The van der Waals surface area contributed by atoms with Crippen LogP contribution in [-0.4, -0.2) is 22.8 Å². The topological polar surface area (TPSA) is 55.1 Å². The Balaban J connectivity index is 0.000000261. The molecule has 0 amide bonds. The molecule has 0 unspecified atom stereocenters. The minimum Gasteiger partial charge on any atom is -0.395 e. The minimum absolute atomic E-state index is 0.0972. The number of aryl methyl sites for hydroxylation is 2. The van der Waals surface area contributed by atoms with E-state index in [0.29, 0.717) is 6.54 Å². The fourth-order valence-electron chi connectivity index (χ4n) is 0.689. The largest absolute Gasteiger partial charge is 0.395 e. The second-order valence-electron chi connectivity index (χ2n) is 2.42. The van der Waals surface area contributed by atoms with E-state index in [4.69, 9.17) is 10.8 Å². The van der Waals surface area contributed by atoms with E-state index in [9.17, 15) is 0 Å². The molecular formula is C8H18N3O+. The van der Waals surface area contributed by atoms with Gasteiger partial charge in [0.15, 0.2) is 0 Å². The van der Waals surface area contributed by atoms with Gasteiger partial charge >= 0.3 is 0 Å². The summed E-state index contributed by atoms with van der Waals surface area (Å²) in [4.78, 5) is 0. The maximum atomic E-state index is 7.75. The Kier molecular flexibility index (Phi) is 6.32. The molecule has 0 fully saturated rings. The van der Waals surface area contributed by atoms with Gasteiger partial charge in [0.1, 0.15) is 12.4 Å². The summed E-state index contributed by atoms with van der Waals surface area (Å²) in [5.74, 6) is 0. The first-order valence-corrected chi connectivity index (χ1v) is 4.06. The van der Waals surface area contributed by atoms with E-state index in [1.165, 1.54) is 0 Å². The SMILES string of the molecule is CCn1cc[n+](C)c1.NCCO. The number of nitrogens with two attached hydrogens (primary N) is 1. The molecule has 3 N–H and O–H groups in total. The Morgan fingerprint density at radius 1 is 1.58 bits per heavy atom. The molecule has 0 radical (unpaired) electrons. The van der Waals surface area contributed by atoms with E-state index >= 15 is 0 Å².